The SMILES string of the molecule is CCC(Oc1cccc(/C=C2\SC(=Nc3cccc(O)c3)N(C)C2=O)c1)C(=O)O. The maximum atomic E-state index is 12.6. The van der Waals surface area contributed by atoms with Crippen LogP contribution < -0.4 is 4.74 Å². The van der Waals surface area contributed by atoms with Gasteiger partial charge in [-0.2, -0.15) is 0 Å². The first-order chi connectivity index (χ1) is 13.9. The molecule has 1 aliphatic heterocycles. The first kappa shape index (κ1) is 20.5. The Morgan fingerprint density at radius 3 is 2.72 bits per heavy atom. The summed E-state index contributed by atoms with van der Waals surface area (Å²) >= 11 is 1.22. The Bertz CT molecular complexity index is 1000. The van der Waals surface area contributed by atoms with Gasteiger partial charge in [0.2, 0.25) is 0 Å². The molecule has 1 amide bonds. The van der Waals surface area contributed by atoms with Crippen LogP contribution in [-0.2, 0) is 9.59 Å². The van der Waals surface area contributed by atoms with Gasteiger partial charge < -0.3 is 14.9 Å². The van der Waals surface area contributed by atoms with Gasteiger partial charge in [0.15, 0.2) is 11.3 Å². The van der Waals surface area contributed by atoms with Gasteiger partial charge in [-0.15, -0.1) is 0 Å². The highest BCUT2D eigenvalue weighted by Gasteiger charge is 2.30. The number of carbonyl (C=O) groups is 2. The van der Waals surface area contributed by atoms with Crippen molar-refractivity contribution in [1.29, 1.82) is 0 Å². The number of aromatic hydroxyl groups is 1. The minimum atomic E-state index is -1.02. The Morgan fingerprint density at radius 1 is 1.28 bits per heavy atom. The third kappa shape index (κ3) is 4.97. The van der Waals surface area contributed by atoms with E-state index in [9.17, 15) is 14.7 Å². The number of aliphatic carboxylic acids is 1. The third-order valence-electron chi connectivity index (χ3n) is 4.14. The minimum Gasteiger partial charge on any atom is -0.508 e. The number of aliphatic imine (C=N–C) groups is 1. The van der Waals surface area contributed by atoms with Crippen molar-refractivity contribution in [3.05, 3.63) is 59.0 Å². The van der Waals surface area contributed by atoms with Crippen LogP contribution in [0.3, 0.4) is 0 Å². The maximum Gasteiger partial charge on any atom is 0.344 e. The molecule has 0 aliphatic carbocycles. The van der Waals surface area contributed by atoms with Gasteiger partial charge >= 0.3 is 5.97 Å². The van der Waals surface area contributed by atoms with E-state index >= 15 is 0 Å². The normalized spacial score (nSPS) is 17.7. The number of carboxylic acids is 1. The number of hydrogen-bond acceptors (Lipinski definition) is 6. The van der Waals surface area contributed by atoms with E-state index in [0.29, 0.717) is 33.5 Å². The van der Waals surface area contributed by atoms with Crippen LogP contribution in [-0.4, -0.2) is 45.3 Å². The number of hydrogen-bond donors (Lipinski definition) is 2. The van der Waals surface area contributed by atoms with Crippen molar-refractivity contribution in [2.45, 2.75) is 19.4 Å². The van der Waals surface area contributed by atoms with Gasteiger partial charge in [-0.3, -0.25) is 9.69 Å². The van der Waals surface area contributed by atoms with E-state index in [-0.39, 0.29) is 11.7 Å². The molecule has 8 heteroatoms. The van der Waals surface area contributed by atoms with Gasteiger partial charge in [-0.05, 0) is 54.1 Å². The number of carbonyl (C=O) groups excluding carboxylic acids is 1. The molecule has 0 aromatic heterocycles. The van der Waals surface area contributed by atoms with Gasteiger partial charge in [0, 0.05) is 13.1 Å². The van der Waals surface area contributed by atoms with E-state index < -0.39 is 12.1 Å². The number of ether oxygens (including phenoxy) is 1. The largest absolute Gasteiger partial charge is 0.508 e. The Morgan fingerprint density at radius 2 is 2.03 bits per heavy atom. The summed E-state index contributed by atoms with van der Waals surface area (Å²) in [6.07, 6.45) is 1.13. The molecule has 29 heavy (non-hydrogen) atoms. The number of thioether (sulfide) groups is 1. The predicted molar refractivity (Wildman–Crippen MR) is 112 cm³/mol. The Kier molecular flexibility index (Phi) is 6.23. The van der Waals surface area contributed by atoms with E-state index in [1.807, 2.05) is 0 Å². The molecule has 1 aliphatic rings. The fraction of sp³-hybridized carbons (Fsp3) is 0.190. The predicted octanol–water partition coefficient (Wildman–Crippen LogP) is 3.87. The lowest BCUT2D eigenvalue weighted by atomic mass is 10.2. The molecular weight excluding hydrogens is 392 g/mol. The quantitative estimate of drug-likeness (QED) is 0.699. The van der Waals surface area contributed by atoms with Crippen LogP contribution in [0, 0.1) is 0 Å². The Hall–Kier alpha value is -3.26. The highest BCUT2D eigenvalue weighted by atomic mass is 32.2. The Labute approximate surface area is 172 Å². The summed E-state index contributed by atoms with van der Waals surface area (Å²) in [4.78, 5) is 30.1. The van der Waals surface area contributed by atoms with E-state index in [2.05, 4.69) is 4.99 Å². The van der Waals surface area contributed by atoms with Gasteiger partial charge in [0.1, 0.15) is 11.5 Å². The second-order valence-electron chi connectivity index (χ2n) is 6.31. The number of phenols is 1. The minimum absolute atomic E-state index is 0.100. The van der Waals surface area contributed by atoms with Crippen molar-refractivity contribution in [3.63, 3.8) is 0 Å². The average Bonchev–Trinajstić information content (AvgIpc) is 2.94. The van der Waals surface area contributed by atoms with Crippen LogP contribution in [0.2, 0.25) is 0 Å². The molecule has 0 radical (unpaired) electrons. The van der Waals surface area contributed by atoms with Crippen molar-refractivity contribution in [3.8, 4) is 11.5 Å². The van der Waals surface area contributed by atoms with Gasteiger partial charge in [-0.1, -0.05) is 25.1 Å². The number of rotatable bonds is 6. The van der Waals surface area contributed by atoms with Crippen LogP contribution in [0.15, 0.2) is 58.4 Å². The number of amides is 1. The lowest BCUT2D eigenvalue weighted by Gasteiger charge is -2.13. The fourth-order valence-electron chi connectivity index (χ4n) is 2.63. The van der Waals surface area contributed by atoms with Crippen molar-refractivity contribution in [2.75, 3.05) is 7.05 Å². The van der Waals surface area contributed by atoms with Crippen LogP contribution in [0.1, 0.15) is 18.9 Å². The smallest absolute Gasteiger partial charge is 0.344 e. The zero-order valence-corrected chi connectivity index (χ0v) is 16.7. The molecule has 1 atom stereocenters. The Balaban J connectivity index is 1.83. The molecule has 0 spiro atoms. The summed E-state index contributed by atoms with van der Waals surface area (Å²) in [6, 6.07) is 13.4. The highest BCUT2D eigenvalue weighted by Crippen LogP contribution is 2.34. The van der Waals surface area contributed by atoms with E-state index in [0.717, 1.165) is 0 Å². The van der Waals surface area contributed by atoms with Crippen LogP contribution in [0.25, 0.3) is 6.08 Å². The number of carboxylic acid groups (broad SMARTS) is 1. The van der Waals surface area contributed by atoms with Crippen molar-refractivity contribution in [2.24, 2.45) is 4.99 Å². The maximum absolute atomic E-state index is 12.6. The molecule has 1 heterocycles. The summed E-state index contributed by atoms with van der Waals surface area (Å²) in [5, 5.41) is 19.2. The standard InChI is InChI=1S/C21H20N2O5S/c1-3-17(20(26)27)28-16-9-4-6-13(10-16)11-18-19(25)23(2)21(29-18)22-14-7-5-8-15(24)12-14/h4-12,17,24H,3H2,1-2H3,(H,26,27)/b18-11-,22-21?. The summed E-state index contributed by atoms with van der Waals surface area (Å²) in [5.74, 6) is -0.696. The monoisotopic (exact) mass is 412 g/mol. The second kappa shape index (κ2) is 8.83. The molecule has 2 aromatic carbocycles. The summed E-state index contributed by atoms with van der Waals surface area (Å²) in [6.45, 7) is 1.74. The fourth-order valence-corrected chi connectivity index (χ4v) is 3.61. The molecule has 150 valence electrons. The number of likely N-dealkylation sites (N-methyl/N-ethyl adjacent to an activating group) is 1. The van der Waals surface area contributed by atoms with Crippen molar-refractivity contribution < 1.29 is 24.5 Å². The van der Waals surface area contributed by atoms with Gasteiger partial charge in [-0.25, -0.2) is 9.79 Å². The second-order valence-corrected chi connectivity index (χ2v) is 7.32. The third-order valence-corrected chi connectivity index (χ3v) is 5.20. The van der Waals surface area contributed by atoms with Crippen LogP contribution in [0.4, 0.5) is 5.69 Å². The molecule has 0 saturated carbocycles. The van der Waals surface area contributed by atoms with Crippen molar-refractivity contribution >= 4 is 40.6 Å². The molecule has 2 aromatic rings. The molecule has 1 saturated heterocycles. The van der Waals surface area contributed by atoms with Crippen LogP contribution >= 0.6 is 11.8 Å². The van der Waals surface area contributed by atoms with Crippen LogP contribution in [0.5, 0.6) is 11.5 Å². The highest BCUT2D eigenvalue weighted by molar-refractivity contribution is 8.18. The topological polar surface area (TPSA) is 99.4 Å². The number of nitrogens with zero attached hydrogens (tertiary/aromatic N) is 2. The lowest BCUT2D eigenvalue weighted by molar-refractivity contribution is -0.145. The zero-order chi connectivity index (χ0) is 21.0. The molecule has 7 nitrogen and oxygen atoms in total. The average molecular weight is 412 g/mol. The lowest BCUT2D eigenvalue weighted by Crippen LogP contribution is -2.25. The summed E-state index contributed by atoms with van der Waals surface area (Å²) in [7, 11) is 1.63. The van der Waals surface area contributed by atoms with E-state index in [1.54, 1.807) is 62.5 Å². The molecule has 0 bridgehead atoms. The van der Waals surface area contributed by atoms with Gasteiger partial charge in [0.05, 0.1) is 10.6 Å². The number of phenolic OH excluding ortho intramolecular Hbond substituents is 1. The van der Waals surface area contributed by atoms with Crippen molar-refractivity contribution in [1.82, 2.24) is 4.90 Å². The summed E-state index contributed by atoms with van der Waals surface area (Å²) < 4.78 is 5.51. The molecular formula is C21H20N2O5S. The number of amidine groups is 1. The molecule has 1 fully saturated rings. The van der Waals surface area contributed by atoms with E-state index in [1.165, 1.54) is 22.7 Å². The number of benzene rings is 2. The first-order valence-corrected chi connectivity index (χ1v) is 9.74. The van der Waals surface area contributed by atoms with Gasteiger partial charge in [0.25, 0.3) is 5.91 Å². The molecule has 1 unspecified atom stereocenters. The molecule has 3 rings (SSSR count). The summed E-state index contributed by atoms with van der Waals surface area (Å²) in [5.41, 5.74) is 1.26. The zero-order valence-electron chi connectivity index (χ0n) is 15.9. The molecule has 2 N–H and O–H groups in total. The van der Waals surface area contributed by atoms with E-state index in [4.69, 9.17) is 9.84 Å². The first-order valence-electron chi connectivity index (χ1n) is 8.92.